The molecule has 1 aromatic carbocycles. The molecular formula is C14H22N2. The molecule has 1 unspecified atom stereocenters. The van der Waals surface area contributed by atoms with Gasteiger partial charge in [0.15, 0.2) is 0 Å². The topological polar surface area (TPSA) is 38.0 Å². The van der Waals surface area contributed by atoms with E-state index in [0.717, 1.165) is 12.2 Å². The zero-order valence-electron chi connectivity index (χ0n) is 10.3. The average molecular weight is 218 g/mol. The van der Waals surface area contributed by atoms with Crippen molar-refractivity contribution in [3.8, 4) is 0 Å². The SMILES string of the molecule is CC1(C)CCC(NCc2ccccc2N)C1. The molecule has 16 heavy (non-hydrogen) atoms. The molecule has 0 aliphatic heterocycles. The van der Waals surface area contributed by atoms with Gasteiger partial charge in [-0.2, -0.15) is 0 Å². The maximum Gasteiger partial charge on any atom is 0.0359 e. The Bertz CT molecular complexity index is 358. The Morgan fingerprint density at radius 3 is 2.75 bits per heavy atom. The van der Waals surface area contributed by atoms with Gasteiger partial charge in [0.1, 0.15) is 0 Å². The quantitative estimate of drug-likeness (QED) is 0.765. The van der Waals surface area contributed by atoms with Gasteiger partial charge < -0.3 is 11.1 Å². The first-order chi connectivity index (χ1) is 7.57. The minimum atomic E-state index is 0.514. The van der Waals surface area contributed by atoms with Crippen LogP contribution in [0.1, 0.15) is 38.7 Å². The highest BCUT2D eigenvalue weighted by molar-refractivity contribution is 5.46. The molecule has 0 amide bonds. The van der Waals surface area contributed by atoms with E-state index in [4.69, 9.17) is 5.73 Å². The number of anilines is 1. The summed E-state index contributed by atoms with van der Waals surface area (Å²) in [5, 5.41) is 3.61. The van der Waals surface area contributed by atoms with Crippen molar-refractivity contribution in [2.45, 2.75) is 45.7 Å². The molecule has 0 bridgehead atoms. The molecule has 0 spiro atoms. The normalized spacial score (nSPS) is 23.5. The van der Waals surface area contributed by atoms with Gasteiger partial charge in [0, 0.05) is 18.3 Å². The van der Waals surface area contributed by atoms with Gasteiger partial charge in [0.05, 0.1) is 0 Å². The van der Waals surface area contributed by atoms with Gasteiger partial charge in [-0.1, -0.05) is 32.0 Å². The first-order valence-electron chi connectivity index (χ1n) is 6.14. The van der Waals surface area contributed by atoms with Crippen LogP contribution in [0.25, 0.3) is 0 Å². The van der Waals surface area contributed by atoms with E-state index in [9.17, 15) is 0 Å². The first kappa shape index (κ1) is 11.5. The lowest BCUT2D eigenvalue weighted by Crippen LogP contribution is -2.27. The van der Waals surface area contributed by atoms with Crippen molar-refractivity contribution < 1.29 is 0 Å². The molecule has 0 saturated heterocycles. The van der Waals surface area contributed by atoms with Gasteiger partial charge in [-0.3, -0.25) is 0 Å². The highest BCUT2D eigenvalue weighted by Crippen LogP contribution is 2.37. The van der Waals surface area contributed by atoms with E-state index in [1.54, 1.807) is 0 Å². The third kappa shape index (κ3) is 2.76. The molecule has 1 aromatic rings. The van der Waals surface area contributed by atoms with Crippen molar-refractivity contribution in [1.29, 1.82) is 0 Å². The Hall–Kier alpha value is -1.02. The van der Waals surface area contributed by atoms with Gasteiger partial charge in [-0.15, -0.1) is 0 Å². The third-order valence-corrected chi connectivity index (χ3v) is 3.60. The van der Waals surface area contributed by atoms with E-state index in [-0.39, 0.29) is 0 Å². The molecule has 1 atom stereocenters. The number of hydrogen-bond donors (Lipinski definition) is 2. The zero-order chi connectivity index (χ0) is 11.6. The second kappa shape index (κ2) is 4.46. The van der Waals surface area contributed by atoms with Gasteiger partial charge in [-0.05, 0) is 36.3 Å². The fourth-order valence-corrected chi connectivity index (χ4v) is 2.56. The van der Waals surface area contributed by atoms with Crippen molar-refractivity contribution in [2.24, 2.45) is 5.41 Å². The Balaban J connectivity index is 1.87. The molecule has 2 nitrogen and oxygen atoms in total. The molecule has 2 heteroatoms. The maximum absolute atomic E-state index is 5.92. The largest absolute Gasteiger partial charge is 0.398 e. The minimum absolute atomic E-state index is 0.514. The second-order valence-electron chi connectivity index (χ2n) is 5.68. The Morgan fingerprint density at radius 1 is 1.38 bits per heavy atom. The monoisotopic (exact) mass is 218 g/mol. The lowest BCUT2D eigenvalue weighted by atomic mass is 9.92. The summed E-state index contributed by atoms with van der Waals surface area (Å²) in [6.07, 6.45) is 3.90. The van der Waals surface area contributed by atoms with E-state index in [1.165, 1.54) is 24.8 Å². The summed E-state index contributed by atoms with van der Waals surface area (Å²) in [4.78, 5) is 0. The fourth-order valence-electron chi connectivity index (χ4n) is 2.56. The molecule has 1 saturated carbocycles. The van der Waals surface area contributed by atoms with Crippen LogP contribution in [-0.2, 0) is 6.54 Å². The van der Waals surface area contributed by atoms with E-state index in [1.807, 2.05) is 18.2 Å². The van der Waals surface area contributed by atoms with Crippen LogP contribution in [0.5, 0.6) is 0 Å². The fraction of sp³-hybridized carbons (Fsp3) is 0.571. The van der Waals surface area contributed by atoms with Gasteiger partial charge in [0.2, 0.25) is 0 Å². The first-order valence-corrected chi connectivity index (χ1v) is 6.14. The van der Waals surface area contributed by atoms with Crippen molar-refractivity contribution in [3.05, 3.63) is 29.8 Å². The Morgan fingerprint density at radius 2 is 2.12 bits per heavy atom. The van der Waals surface area contributed by atoms with Gasteiger partial charge in [0.25, 0.3) is 0 Å². The van der Waals surface area contributed by atoms with Crippen LogP contribution in [0.15, 0.2) is 24.3 Å². The molecule has 88 valence electrons. The molecule has 0 aromatic heterocycles. The molecule has 1 aliphatic rings. The highest BCUT2D eigenvalue weighted by atomic mass is 14.9. The molecule has 1 fully saturated rings. The summed E-state index contributed by atoms with van der Waals surface area (Å²) in [7, 11) is 0. The van der Waals surface area contributed by atoms with E-state index in [2.05, 4.69) is 25.2 Å². The molecule has 2 rings (SSSR count). The van der Waals surface area contributed by atoms with Gasteiger partial charge in [-0.25, -0.2) is 0 Å². The number of para-hydroxylation sites is 1. The number of hydrogen-bond acceptors (Lipinski definition) is 2. The number of nitrogens with one attached hydrogen (secondary N) is 1. The maximum atomic E-state index is 5.92. The van der Waals surface area contributed by atoms with Crippen LogP contribution < -0.4 is 11.1 Å². The van der Waals surface area contributed by atoms with E-state index >= 15 is 0 Å². The Labute approximate surface area is 98.2 Å². The van der Waals surface area contributed by atoms with E-state index in [0.29, 0.717) is 11.5 Å². The standard InChI is InChI=1S/C14H22N2/c1-14(2)8-7-12(9-14)16-10-11-5-3-4-6-13(11)15/h3-6,12,16H,7-10,15H2,1-2H3. The molecule has 0 radical (unpaired) electrons. The van der Waals surface area contributed by atoms with Crippen molar-refractivity contribution in [3.63, 3.8) is 0 Å². The molecule has 0 heterocycles. The summed E-state index contributed by atoms with van der Waals surface area (Å²) < 4.78 is 0. The summed E-state index contributed by atoms with van der Waals surface area (Å²) >= 11 is 0. The predicted molar refractivity (Wildman–Crippen MR) is 69.1 cm³/mol. The van der Waals surface area contributed by atoms with Crippen molar-refractivity contribution in [2.75, 3.05) is 5.73 Å². The van der Waals surface area contributed by atoms with Crippen LogP contribution in [-0.4, -0.2) is 6.04 Å². The Kier molecular flexibility index (Phi) is 3.20. The molecular weight excluding hydrogens is 196 g/mol. The average Bonchev–Trinajstić information content (AvgIpc) is 2.57. The van der Waals surface area contributed by atoms with Crippen LogP contribution in [0.4, 0.5) is 5.69 Å². The zero-order valence-corrected chi connectivity index (χ0v) is 10.3. The third-order valence-electron chi connectivity index (χ3n) is 3.60. The molecule has 1 aliphatic carbocycles. The second-order valence-corrected chi connectivity index (χ2v) is 5.68. The highest BCUT2D eigenvalue weighted by Gasteiger charge is 2.30. The van der Waals surface area contributed by atoms with Crippen LogP contribution >= 0.6 is 0 Å². The summed E-state index contributed by atoms with van der Waals surface area (Å²) in [5.74, 6) is 0. The van der Waals surface area contributed by atoms with Crippen molar-refractivity contribution in [1.82, 2.24) is 5.32 Å². The summed E-state index contributed by atoms with van der Waals surface area (Å²) in [6.45, 7) is 5.60. The van der Waals surface area contributed by atoms with E-state index < -0.39 is 0 Å². The number of rotatable bonds is 3. The van der Waals surface area contributed by atoms with Gasteiger partial charge >= 0.3 is 0 Å². The van der Waals surface area contributed by atoms with Crippen LogP contribution in [0, 0.1) is 5.41 Å². The summed E-state index contributed by atoms with van der Waals surface area (Å²) in [5.41, 5.74) is 8.54. The minimum Gasteiger partial charge on any atom is -0.398 e. The van der Waals surface area contributed by atoms with Crippen LogP contribution in [0.3, 0.4) is 0 Å². The molecule has 3 N–H and O–H groups in total. The predicted octanol–water partition coefficient (Wildman–Crippen LogP) is 2.94. The summed E-state index contributed by atoms with van der Waals surface area (Å²) in [6, 6.07) is 8.76. The lowest BCUT2D eigenvalue weighted by Gasteiger charge is -2.18. The number of benzene rings is 1. The van der Waals surface area contributed by atoms with Crippen molar-refractivity contribution >= 4 is 5.69 Å². The smallest absolute Gasteiger partial charge is 0.0359 e. The van der Waals surface area contributed by atoms with Crippen LogP contribution in [0.2, 0.25) is 0 Å². The number of nitrogen functional groups attached to an aromatic ring is 1. The number of nitrogens with two attached hydrogens (primary N) is 1. The lowest BCUT2D eigenvalue weighted by molar-refractivity contribution is 0.364.